The molecule has 0 saturated carbocycles. The van der Waals surface area contributed by atoms with Gasteiger partial charge in [-0.15, -0.1) is 10.2 Å². The third-order valence-corrected chi connectivity index (χ3v) is 4.82. The van der Waals surface area contributed by atoms with E-state index in [0.717, 1.165) is 18.7 Å². The molecule has 0 spiro atoms. The van der Waals surface area contributed by atoms with Crippen molar-refractivity contribution in [2.24, 2.45) is 0 Å². The van der Waals surface area contributed by atoms with Gasteiger partial charge in [0.2, 0.25) is 0 Å². The number of carbonyl (C=O) groups excluding carboxylic acids is 1. The lowest BCUT2D eigenvalue weighted by atomic mass is 9.82. The molecule has 3 heterocycles. The summed E-state index contributed by atoms with van der Waals surface area (Å²) in [4.78, 5) is 14.0. The van der Waals surface area contributed by atoms with Crippen LogP contribution in [0.2, 0.25) is 0 Å². The van der Waals surface area contributed by atoms with E-state index in [-0.39, 0.29) is 5.91 Å². The van der Waals surface area contributed by atoms with Crippen molar-refractivity contribution in [2.75, 3.05) is 19.4 Å². The molecule has 2 aliphatic rings. The number of anilines is 1. The Morgan fingerprint density at radius 3 is 2.52 bits per heavy atom. The number of piperidine rings is 2. The molecule has 2 N–H and O–H groups in total. The molecule has 6 nitrogen and oxygen atoms in total. The van der Waals surface area contributed by atoms with Gasteiger partial charge < -0.3 is 15.5 Å². The van der Waals surface area contributed by atoms with E-state index in [4.69, 9.17) is 0 Å². The van der Waals surface area contributed by atoms with Crippen LogP contribution >= 0.6 is 0 Å². The fraction of sp³-hybridized carbons (Fsp3) is 0.667. The number of aromatic nitrogens is 2. The summed E-state index contributed by atoms with van der Waals surface area (Å²) in [6.07, 6.45) is 6.27. The van der Waals surface area contributed by atoms with Crippen LogP contribution in [0.5, 0.6) is 0 Å². The van der Waals surface area contributed by atoms with E-state index >= 15 is 0 Å². The van der Waals surface area contributed by atoms with Gasteiger partial charge in [0.1, 0.15) is 5.82 Å². The Morgan fingerprint density at radius 1 is 1.24 bits per heavy atom. The van der Waals surface area contributed by atoms with Crippen molar-refractivity contribution in [3.63, 3.8) is 0 Å². The molecule has 1 aromatic rings. The summed E-state index contributed by atoms with van der Waals surface area (Å²) in [7, 11) is 3.84. The highest BCUT2D eigenvalue weighted by molar-refractivity contribution is 5.91. The van der Waals surface area contributed by atoms with E-state index in [1.165, 1.54) is 19.3 Å². The highest BCUT2D eigenvalue weighted by atomic mass is 16.1. The minimum Gasteiger partial charge on any atom is -0.366 e. The number of nitrogens with zero attached hydrogens (tertiary/aromatic N) is 3. The summed E-state index contributed by atoms with van der Waals surface area (Å²) in [6, 6.07) is 5.38. The van der Waals surface area contributed by atoms with Gasteiger partial charge in [-0.05, 0) is 44.9 Å². The van der Waals surface area contributed by atoms with Crippen LogP contribution in [0.1, 0.15) is 42.6 Å². The Labute approximate surface area is 125 Å². The lowest BCUT2D eigenvalue weighted by Crippen LogP contribution is -2.52. The van der Waals surface area contributed by atoms with Gasteiger partial charge in [0.25, 0.3) is 5.91 Å². The molecule has 0 aromatic carbocycles. The second-order valence-electron chi connectivity index (χ2n) is 6.10. The first-order valence-corrected chi connectivity index (χ1v) is 7.71. The van der Waals surface area contributed by atoms with Gasteiger partial charge in [0, 0.05) is 25.2 Å². The van der Waals surface area contributed by atoms with E-state index in [1.807, 2.05) is 6.07 Å². The normalized spacial score (nSPS) is 29.0. The second kappa shape index (κ2) is 5.97. The zero-order valence-corrected chi connectivity index (χ0v) is 12.7. The van der Waals surface area contributed by atoms with Crippen molar-refractivity contribution in [1.82, 2.24) is 20.4 Å². The molecule has 0 radical (unpaired) electrons. The Balaban J connectivity index is 1.63. The molecule has 0 aliphatic carbocycles. The van der Waals surface area contributed by atoms with E-state index in [9.17, 15) is 4.79 Å². The van der Waals surface area contributed by atoms with Crippen LogP contribution in [0.4, 0.5) is 5.82 Å². The molecule has 21 heavy (non-hydrogen) atoms. The number of rotatable bonds is 3. The van der Waals surface area contributed by atoms with Gasteiger partial charge in [0.05, 0.1) is 0 Å². The largest absolute Gasteiger partial charge is 0.366 e. The minimum absolute atomic E-state index is 0.206. The second-order valence-corrected chi connectivity index (χ2v) is 6.10. The van der Waals surface area contributed by atoms with Gasteiger partial charge >= 0.3 is 0 Å². The molecular formula is C15H23N5O. The number of hydrogen-bond acceptors (Lipinski definition) is 5. The average molecular weight is 289 g/mol. The molecule has 1 aromatic heterocycles. The van der Waals surface area contributed by atoms with Crippen LogP contribution in [0.25, 0.3) is 0 Å². The van der Waals surface area contributed by atoms with Crippen molar-refractivity contribution < 1.29 is 4.79 Å². The third kappa shape index (κ3) is 3.00. The summed E-state index contributed by atoms with van der Waals surface area (Å²) < 4.78 is 0. The van der Waals surface area contributed by atoms with Crippen LogP contribution in [0, 0.1) is 0 Å². The molecule has 2 unspecified atom stereocenters. The minimum atomic E-state index is -0.206. The Kier molecular flexibility index (Phi) is 4.05. The quantitative estimate of drug-likeness (QED) is 0.877. The number of carbonyl (C=O) groups is 1. The molecule has 1 amide bonds. The molecule has 3 rings (SSSR count). The summed E-state index contributed by atoms with van der Waals surface area (Å²) in [6.45, 7) is 0. The summed E-state index contributed by atoms with van der Waals surface area (Å²) in [5.41, 5.74) is 0.350. The molecule has 2 bridgehead atoms. The Hall–Kier alpha value is -1.69. The molecule has 114 valence electrons. The van der Waals surface area contributed by atoms with Crippen LogP contribution in [0.15, 0.2) is 12.1 Å². The summed E-state index contributed by atoms with van der Waals surface area (Å²) >= 11 is 0. The molecule has 2 saturated heterocycles. The van der Waals surface area contributed by atoms with Crippen LogP contribution in [-0.4, -0.2) is 53.2 Å². The van der Waals surface area contributed by atoms with Crippen molar-refractivity contribution in [2.45, 2.75) is 50.2 Å². The highest BCUT2D eigenvalue weighted by Gasteiger charge is 2.35. The van der Waals surface area contributed by atoms with Crippen molar-refractivity contribution in [3.05, 3.63) is 17.8 Å². The SMILES string of the molecule is CNC(=O)c1ccc(NC2CC3CCCC(C2)N3C)nn1. The standard InChI is InChI=1S/C15H23N5O/c1-16-15(21)13-6-7-14(19-18-13)17-10-8-11-4-3-5-12(9-10)20(11)2/h6-7,10-12H,3-5,8-9H2,1-2H3,(H,16,21)(H,17,19). The molecule has 2 fully saturated rings. The predicted octanol–water partition coefficient (Wildman–Crippen LogP) is 1.26. The lowest BCUT2D eigenvalue weighted by molar-refractivity contribution is 0.0607. The van der Waals surface area contributed by atoms with Gasteiger partial charge in [-0.1, -0.05) is 6.42 Å². The zero-order chi connectivity index (χ0) is 14.8. The fourth-order valence-corrected chi connectivity index (χ4v) is 3.60. The lowest BCUT2D eigenvalue weighted by Gasteiger charge is -2.47. The van der Waals surface area contributed by atoms with E-state index in [2.05, 4.69) is 32.8 Å². The maximum absolute atomic E-state index is 11.4. The number of hydrogen-bond donors (Lipinski definition) is 2. The predicted molar refractivity (Wildman–Crippen MR) is 81.3 cm³/mol. The third-order valence-electron chi connectivity index (χ3n) is 4.82. The van der Waals surface area contributed by atoms with Crippen LogP contribution in [0.3, 0.4) is 0 Å². The maximum Gasteiger partial charge on any atom is 0.271 e. The van der Waals surface area contributed by atoms with Crippen molar-refractivity contribution in [3.8, 4) is 0 Å². The van der Waals surface area contributed by atoms with Gasteiger partial charge in [0.15, 0.2) is 5.69 Å². The molecule has 6 heteroatoms. The molecule has 2 atom stereocenters. The maximum atomic E-state index is 11.4. The van der Waals surface area contributed by atoms with Crippen LogP contribution in [-0.2, 0) is 0 Å². The number of amides is 1. The first-order chi connectivity index (χ1) is 10.2. The van der Waals surface area contributed by atoms with Gasteiger partial charge in [-0.2, -0.15) is 0 Å². The van der Waals surface area contributed by atoms with Crippen molar-refractivity contribution in [1.29, 1.82) is 0 Å². The first-order valence-electron chi connectivity index (χ1n) is 7.71. The van der Waals surface area contributed by atoms with E-state index < -0.39 is 0 Å². The van der Waals surface area contributed by atoms with E-state index in [0.29, 0.717) is 23.8 Å². The smallest absolute Gasteiger partial charge is 0.271 e. The molecular weight excluding hydrogens is 266 g/mol. The van der Waals surface area contributed by atoms with Crippen molar-refractivity contribution >= 4 is 11.7 Å². The topological polar surface area (TPSA) is 70.2 Å². The zero-order valence-electron chi connectivity index (χ0n) is 12.7. The first kappa shape index (κ1) is 14.3. The van der Waals surface area contributed by atoms with Gasteiger partial charge in [-0.3, -0.25) is 4.79 Å². The Bertz CT molecular complexity index is 489. The molecule has 2 aliphatic heterocycles. The fourth-order valence-electron chi connectivity index (χ4n) is 3.60. The van der Waals surface area contributed by atoms with E-state index in [1.54, 1.807) is 13.1 Å². The number of nitrogens with one attached hydrogen (secondary N) is 2. The van der Waals surface area contributed by atoms with Crippen LogP contribution < -0.4 is 10.6 Å². The van der Waals surface area contributed by atoms with Gasteiger partial charge in [-0.25, -0.2) is 0 Å². The monoisotopic (exact) mass is 289 g/mol. The number of fused-ring (bicyclic) bond motifs is 2. The summed E-state index contributed by atoms with van der Waals surface area (Å²) in [5.74, 6) is 0.554. The Morgan fingerprint density at radius 2 is 1.95 bits per heavy atom. The highest BCUT2D eigenvalue weighted by Crippen LogP contribution is 2.33. The average Bonchev–Trinajstić information content (AvgIpc) is 2.48. The summed E-state index contributed by atoms with van der Waals surface area (Å²) in [5, 5.41) is 14.1.